The molecule has 1 aliphatic rings. The van der Waals surface area contributed by atoms with Gasteiger partial charge in [-0.1, -0.05) is 0 Å². The Morgan fingerprint density at radius 2 is 2.29 bits per heavy atom. The van der Waals surface area contributed by atoms with Gasteiger partial charge in [-0.05, 0) is 30.1 Å². The first-order valence-corrected chi connectivity index (χ1v) is 6.83. The highest BCUT2D eigenvalue weighted by Gasteiger charge is 2.31. The van der Waals surface area contributed by atoms with Gasteiger partial charge in [0, 0.05) is 26.8 Å². The largest absolute Gasteiger partial charge is 0.345 e. The van der Waals surface area contributed by atoms with Crippen molar-refractivity contribution >= 4 is 11.8 Å². The summed E-state index contributed by atoms with van der Waals surface area (Å²) in [6, 6.07) is 5.76. The van der Waals surface area contributed by atoms with Gasteiger partial charge in [-0.25, -0.2) is 4.98 Å². The third-order valence-electron chi connectivity index (χ3n) is 3.54. The Bertz CT molecular complexity index is 657. The Labute approximate surface area is 122 Å². The minimum atomic E-state index is 0.0478. The molecule has 7 nitrogen and oxygen atoms in total. The van der Waals surface area contributed by atoms with Crippen LogP contribution in [-0.2, 0) is 0 Å². The Hall–Kier alpha value is -2.62. The second-order valence-electron chi connectivity index (χ2n) is 5.20. The van der Waals surface area contributed by atoms with E-state index >= 15 is 0 Å². The van der Waals surface area contributed by atoms with E-state index in [1.165, 1.54) is 0 Å². The number of hydrogen-bond acceptors (Lipinski definition) is 7. The molecular weight excluding hydrogens is 268 g/mol. The standard InChI is InChI=1S/C14H16N6O/c1-19(2)14-17-13(21-18-14)11-4-3-7-20(11)12-6-5-10(8-15)9-16-12/h5-6,9,11H,3-4,7H2,1-2H3. The average molecular weight is 284 g/mol. The predicted molar refractivity (Wildman–Crippen MR) is 76.9 cm³/mol. The van der Waals surface area contributed by atoms with Crippen molar-refractivity contribution in [1.29, 1.82) is 5.26 Å². The lowest BCUT2D eigenvalue weighted by molar-refractivity contribution is 0.354. The van der Waals surface area contributed by atoms with Crippen LogP contribution in [0.25, 0.3) is 0 Å². The molecule has 1 unspecified atom stereocenters. The summed E-state index contributed by atoms with van der Waals surface area (Å²) in [5.41, 5.74) is 0.558. The third-order valence-corrected chi connectivity index (χ3v) is 3.54. The SMILES string of the molecule is CN(C)c1noc(C2CCCN2c2ccc(C#N)cn2)n1. The summed E-state index contributed by atoms with van der Waals surface area (Å²) in [6.07, 6.45) is 3.59. The van der Waals surface area contributed by atoms with E-state index in [0.717, 1.165) is 25.2 Å². The average Bonchev–Trinajstić information content (AvgIpc) is 3.16. The lowest BCUT2D eigenvalue weighted by Gasteiger charge is -2.22. The molecule has 21 heavy (non-hydrogen) atoms. The minimum absolute atomic E-state index is 0.0478. The number of hydrogen-bond donors (Lipinski definition) is 0. The van der Waals surface area contributed by atoms with Gasteiger partial charge in [0.15, 0.2) is 0 Å². The third kappa shape index (κ3) is 2.52. The normalized spacial score (nSPS) is 17.8. The van der Waals surface area contributed by atoms with E-state index in [1.54, 1.807) is 12.3 Å². The van der Waals surface area contributed by atoms with Crippen LogP contribution >= 0.6 is 0 Å². The van der Waals surface area contributed by atoms with Crippen LogP contribution in [0.1, 0.15) is 30.3 Å². The van der Waals surface area contributed by atoms with E-state index in [1.807, 2.05) is 25.1 Å². The van der Waals surface area contributed by atoms with Gasteiger partial charge in [0.05, 0.1) is 5.56 Å². The second-order valence-corrected chi connectivity index (χ2v) is 5.20. The number of rotatable bonds is 3. The summed E-state index contributed by atoms with van der Waals surface area (Å²) < 4.78 is 5.38. The van der Waals surface area contributed by atoms with Crippen molar-refractivity contribution in [3.05, 3.63) is 29.8 Å². The Morgan fingerprint density at radius 1 is 1.43 bits per heavy atom. The summed E-state index contributed by atoms with van der Waals surface area (Å²) >= 11 is 0. The fourth-order valence-corrected chi connectivity index (χ4v) is 2.46. The molecule has 1 atom stereocenters. The summed E-state index contributed by atoms with van der Waals surface area (Å²) in [7, 11) is 3.76. The zero-order valence-corrected chi connectivity index (χ0v) is 12.0. The van der Waals surface area contributed by atoms with E-state index in [4.69, 9.17) is 9.78 Å². The molecule has 0 saturated carbocycles. The van der Waals surface area contributed by atoms with Crippen LogP contribution in [0.3, 0.4) is 0 Å². The Balaban J connectivity index is 1.85. The molecule has 7 heteroatoms. The number of pyridine rings is 1. The molecule has 0 N–H and O–H groups in total. The first-order chi connectivity index (χ1) is 10.2. The first kappa shape index (κ1) is 13.4. The molecule has 0 bridgehead atoms. The number of nitrogens with zero attached hydrogens (tertiary/aromatic N) is 6. The van der Waals surface area contributed by atoms with Gasteiger partial charge >= 0.3 is 0 Å². The number of anilines is 2. The quantitative estimate of drug-likeness (QED) is 0.849. The van der Waals surface area contributed by atoms with E-state index in [2.05, 4.69) is 26.1 Å². The van der Waals surface area contributed by atoms with E-state index < -0.39 is 0 Å². The van der Waals surface area contributed by atoms with Crippen LogP contribution < -0.4 is 9.80 Å². The summed E-state index contributed by atoms with van der Waals surface area (Å²) in [5, 5.41) is 12.8. The topological polar surface area (TPSA) is 82.1 Å². The lowest BCUT2D eigenvalue weighted by atomic mass is 10.2. The van der Waals surface area contributed by atoms with E-state index in [0.29, 0.717) is 17.4 Å². The van der Waals surface area contributed by atoms with Gasteiger partial charge in [0.2, 0.25) is 0 Å². The monoisotopic (exact) mass is 284 g/mol. The molecule has 0 amide bonds. The van der Waals surface area contributed by atoms with Crippen molar-refractivity contribution in [1.82, 2.24) is 15.1 Å². The highest BCUT2D eigenvalue weighted by molar-refractivity contribution is 5.44. The first-order valence-electron chi connectivity index (χ1n) is 6.83. The maximum Gasteiger partial charge on any atom is 0.265 e. The number of aromatic nitrogens is 3. The van der Waals surface area contributed by atoms with Crippen molar-refractivity contribution < 1.29 is 4.52 Å². The highest BCUT2D eigenvalue weighted by Crippen LogP contribution is 2.34. The van der Waals surface area contributed by atoms with Crippen LogP contribution in [0, 0.1) is 11.3 Å². The van der Waals surface area contributed by atoms with Crippen molar-refractivity contribution in [3.63, 3.8) is 0 Å². The zero-order valence-electron chi connectivity index (χ0n) is 12.0. The summed E-state index contributed by atoms with van der Waals surface area (Å²) in [5.74, 6) is 2.02. The zero-order chi connectivity index (χ0) is 14.8. The maximum atomic E-state index is 8.84. The molecule has 0 aromatic carbocycles. The van der Waals surface area contributed by atoms with Crippen LogP contribution in [0.4, 0.5) is 11.8 Å². The molecule has 2 aromatic rings. The molecule has 3 rings (SSSR count). The summed E-state index contributed by atoms with van der Waals surface area (Å²) in [4.78, 5) is 12.7. The van der Waals surface area contributed by atoms with Gasteiger partial charge in [0.25, 0.3) is 11.8 Å². The molecule has 2 aromatic heterocycles. The van der Waals surface area contributed by atoms with Crippen molar-refractivity contribution in [3.8, 4) is 6.07 Å². The van der Waals surface area contributed by atoms with Gasteiger partial charge in [-0.2, -0.15) is 10.2 Å². The molecule has 108 valence electrons. The molecule has 1 saturated heterocycles. The fraction of sp³-hybridized carbons (Fsp3) is 0.429. The molecule has 0 aliphatic carbocycles. The Kier molecular flexibility index (Phi) is 3.44. The minimum Gasteiger partial charge on any atom is -0.345 e. The maximum absolute atomic E-state index is 8.84. The van der Waals surface area contributed by atoms with E-state index in [-0.39, 0.29) is 6.04 Å². The van der Waals surface area contributed by atoms with Crippen molar-refractivity contribution in [2.24, 2.45) is 0 Å². The van der Waals surface area contributed by atoms with Crippen molar-refractivity contribution in [2.75, 3.05) is 30.4 Å². The van der Waals surface area contributed by atoms with Gasteiger partial charge < -0.3 is 14.3 Å². The molecule has 0 radical (unpaired) electrons. The van der Waals surface area contributed by atoms with Gasteiger partial charge in [0.1, 0.15) is 17.9 Å². The molecule has 0 spiro atoms. The molecular formula is C14H16N6O. The Morgan fingerprint density at radius 3 is 2.90 bits per heavy atom. The molecule has 1 aliphatic heterocycles. The molecule has 1 fully saturated rings. The van der Waals surface area contributed by atoms with Crippen molar-refractivity contribution in [2.45, 2.75) is 18.9 Å². The van der Waals surface area contributed by atoms with Gasteiger partial charge in [-0.15, -0.1) is 0 Å². The van der Waals surface area contributed by atoms with Crippen LogP contribution in [0.2, 0.25) is 0 Å². The second kappa shape index (κ2) is 5.40. The van der Waals surface area contributed by atoms with Gasteiger partial charge in [-0.3, -0.25) is 0 Å². The number of nitriles is 1. The summed E-state index contributed by atoms with van der Waals surface area (Å²) in [6.45, 7) is 0.892. The fourth-order valence-electron chi connectivity index (χ4n) is 2.46. The highest BCUT2D eigenvalue weighted by atomic mass is 16.5. The smallest absolute Gasteiger partial charge is 0.265 e. The lowest BCUT2D eigenvalue weighted by Crippen LogP contribution is -2.23. The predicted octanol–water partition coefficient (Wildman–Crippen LogP) is 1.74. The molecule has 3 heterocycles. The van der Waals surface area contributed by atoms with Crippen LogP contribution in [-0.4, -0.2) is 35.8 Å². The van der Waals surface area contributed by atoms with Crippen LogP contribution in [0.5, 0.6) is 0 Å². The van der Waals surface area contributed by atoms with Crippen LogP contribution in [0.15, 0.2) is 22.9 Å². The van der Waals surface area contributed by atoms with E-state index in [9.17, 15) is 0 Å².